The van der Waals surface area contributed by atoms with Gasteiger partial charge in [-0.15, -0.1) is 0 Å². The Kier molecular flexibility index (Phi) is 6.64. The van der Waals surface area contributed by atoms with Crippen LogP contribution in [0.4, 0.5) is 5.69 Å². The molecular formula is C12H17ClN2O3. The van der Waals surface area contributed by atoms with Crippen molar-refractivity contribution < 1.29 is 10.0 Å². The van der Waals surface area contributed by atoms with Gasteiger partial charge in [0.1, 0.15) is 0 Å². The Morgan fingerprint density at radius 2 is 2.11 bits per heavy atom. The third-order valence-corrected chi connectivity index (χ3v) is 2.96. The van der Waals surface area contributed by atoms with Crippen molar-refractivity contribution in [2.75, 3.05) is 13.2 Å². The molecule has 0 unspecified atom stereocenters. The van der Waals surface area contributed by atoms with Crippen molar-refractivity contribution in [3.8, 4) is 0 Å². The number of unbranched alkanes of at least 4 members (excludes halogenated alkanes) is 2. The fraction of sp³-hybridized carbons (Fsp3) is 0.500. The van der Waals surface area contributed by atoms with Gasteiger partial charge < -0.3 is 10.4 Å². The van der Waals surface area contributed by atoms with Crippen LogP contribution >= 0.6 is 11.6 Å². The molecule has 6 heteroatoms. The van der Waals surface area contributed by atoms with Crippen molar-refractivity contribution in [1.82, 2.24) is 5.32 Å². The lowest BCUT2D eigenvalue weighted by atomic mass is 10.1. The van der Waals surface area contributed by atoms with Crippen molar-refractivity contribution in [1.29, 1.82) is 0 Å². The first-order chi connectivity index (χ1) is 8.66. The predicted molar refractivity (Wildman–Crippen MR) is 70.7 cm³/mol. The van der Waals surface area contributed by atoms with E-state index in [-0.39, 0.29) is 12.3 Å². The van der Waals surface area contributed by atoms with Crippen molar-refractivity contribution in [2.45, 2.75) is 25.8 Å². The summed E-state index contributed by atoms with van der Waals surface area (Å²) >= 11 is 5.96. The minimum atomic E-state index is -0.422. The molecule has 0 spiro atoms. The minimum Gasteiger partial charge on any atom is -0.396 e. The van der Waals surface area contributed by atoms with Gasteiger partial charge in [-0.25, -0.2) is 0 Å². The SMILES string of the molecule is O=[N+]([O-])c1cccc(Cl)c1CNCCCCCO. The smallest absolute Gasteiger partial charge is 0.275 e. The van der Waals surface area contributed by atoms with Gasteiger partial charge in [-0.05, 0) is 31.9 Å². The highest BCUT2D eigenvalue weighted by molar-refractivity contribution is 6.31. The van der Waals surface area contributed by atoms with Crippen LogP contribution in [-0.2, 0) is 6.54 Å². The van der Waals surface area contributed by atoms with Crippen molar-refractivity contribution in [2.24, 2.45) is 0 Å². The standard InChI is InChI=1S/C12H17ClN2O3/c13-11-5-4-6-12(15(17)18)10(11)9-14-7-2-1-3-8-16/h4-6,14,16H,1-3,7-9H2. The van der Waals surface area contributed by atoms with Crippen LogP contribution in [0.1, 0.15) is 24.8 Å². The molecule has 1 aromatic carbocycles. The Hall–Kier alpha value is -1.17. The molecule has 0 aliphatic carbocycles. The van der Waals surface area contributed by atoms with E-state index in [0.29, 0.717) is 17.1 Å². The first kappa shape index (κ1) is 14.9. The molecule has 0 atom stereocenters. The summed E-state index contributed by atoms with van der Waals surface area (Å²) in [4.78, 5) is 10.4. The molecule has 0 radical (unpaired) electrons. The topological polar surface area (TPSA) is 75.4 Å². The molecule has 2 N–H and O–H groups in total. The van der Waals surface area contributed by atoms with Crippen molar-refractivity contribution in [3.05, 3.63) is 38.9 Å². The predicted octanol–water partition coefficient (Wildman–Crippen LogP) is 2.50. The summed E-state index contributed by atoms with van der Waals surface area (Å²) in [6, 6.07) is 4.68. The van der Waals surface area contributed by atoms with E-state index in [4.69, 9.17) is 16.7 Å². The molecule has 100 valence electrons. The summed E-state index contributed by atoms with van der Waals surface area (Å²) in [6.45, 7) is 1.34. The third-order valence-electron chi connectivity index (χ3n) is 2.60. The maximum Gasteiger partial charge on any atom is 0.275 e. The zero-order valence-electron chi connectivity index (χ0n) is 10.1. The average molecular weight is 273 g/mol. The van der Waals surface area contributed by atoms with Gasteiger partial charge in [-0.3, -0.25) is 10.1 Å². The highest BCUT2D eigenvalue weighted by Crippen LogP contribution is 2.25. The number of halogens is 1. The molecule has 1 rings (SSSR count). The number of nitrogens with zero attached hydrogens (tertiary/aromatic N) is 1. The molecule has 1 aromatic rings. The molecule has 0 amide bonds. The summed E-state index contributed by atoms with van der Waals surface area (Å²) in [7, 11) is 0. The highest BCUT2D eigenvalue weighted by atomic mass is 35.5. The summed E-state index contributed by atoms with van der Waals surface area (Å²) < 4.78 is 0. The van der Waals surface area contributed by atoms with Gasteiger partial charge in [-0.1, -0.05) is 17.7 Å². The number of aliphatic hydroxyl groups excluding tert-OH is 1. The first-order valence-corrected chi connectivity index (χ1v) is 6.28. The third kappa shape index (κ3) is 4.60. The van der Waals surface area contributed by atoms with Crippen LogP contribution in [0.2, 0.25) is 5.02 Å². The molecule has 0 aliphatic rings. The van der Waals surface area contributed by atoms with Crippen molar-refractivity contribution in [3.63, 3.8) is 0 Å². The quantitative estimate of drug-likeness (QED) is 0.433. The maximum atomic E-state index is 10.8. The van der Waals surface area contributed by atoms with Crippen LogP contribution in [-0.4, -0.2) is 23.2 Å². The van der Waals surface area contributed by atoms with E-state index in [2.05, 4.69) is 5.32 Å². The second-order valence-corrected chi connectivity index (χ2v) is 4.36. The fourth-order valence-corrected chi connectivity index (χ4v) is 1.88. The molecular weight excluding hydrogens is 256 g/mol. The zero-order chi connectivity index (χ0) is 13.4. The van der Waals surface area contributed by atoms with E-state index in [9.17, 15) is 10.1 Å². The summed E-state index contributed by atoms with van der Waals surface area (Å²) in [5, 5.41) is 23.0. The Bertz CT molecular complexity index is 399. The summed E-state index contributed by atoms with van der Waals surface area (Å²) in [6.07, 6.45) is 2.65. The van der Waals surface area contributed by atoms with E-state index in [0.717, 1.165) is 25.8 Å². The molecule has 0 heterocycles. The van der Waals surface area contributed by atoms with Crippen LogP contribution in [0.25, 0.3) is 0 Å². The largest absolute Gasteiger partial charge is 0.396 e. The lowest BCUT2D eigenvalue weighted by Gasteiger charge is -2.07. The normalized spacial score (nSPS) is 10.6. The lowest BCUT2D eigenvalue weighted by Crippen LogP contribution is -2.16. The highest BCUT2D eigenvalue weighted by Gasteiger charge is 2.15. The van der Waals surface area contributed by atoms with Gasteiger partial charge in [0.05, 0.1) is 15.5 Å². The van der Waals surface area contributed by atoms with Gasteiger partial charge in [0.15, 0.2) is 0 Å². The number of benzene rings is 1. The van der Waals surface area contributed by atoms with Gasteiger partial charge in [0, 0.05) is 19.2 Å². The molecule has 0 saturated carbocycles. The van der Waals surface area contributed by atoms with Gasteiger partial charge in [0.25, 0.3) is 5.69 Å². The molecule has 0 aliphatic heterocycles. The van der Waals surface area contributed by atoms with Crippen molar-refractivity contribution >= 4 is 17.3 Å². The zero-order valence-corrected chi connectivity index (χ0v) is 10.8. The number of hydrogen-bond donors (Lipinski definition) is 2. The van der Waals surface area contributed by atoms with Crippen LogP contribution in [0.3, 0.4) is 0 Å². The molecule has 0 fully saturated rings. The lowest BCUT2D eigenvalue weighted by molar-refractivity contribution is -0.385. The van der Waals surface area contributed by atoms with Crippen LogP contribution in [0.15, 0.2) is 18.2 Å². The number of hydrogen-bond acceptors (Lipinski definition) is 4. The fourth-order valence-electron chi connectivity index (χ4n) is 1.65. The van der Waals surface area contributed by atoms with E-state index in [1.165, 1.54) is 6.07 Å². The van der Waals surface area contributed by atoms with E-state index in [1.54, 1.807) is 12.1 Å². The molecule has 0 bridgehead atoms. The Labute approximate surface area is 111 Å². The Morgan fingerprint density at radius 3 is 2.78 bits per heavy atom. The van der Waals surface area contributed by atoms with E-state index < -0.39 is 4.92 Å². The monoisotopic (exact) mass is 272 g/mol. The summed E-state index contributed by atoms with van der Waals surface area (Å²) in [5.41, 5.74) is 0.566. The Morgan fingerprint density at radius 1 is 1.33 bits per heavy atom. The van der Waals surface area contributed by atoms with Crippen LogP contribution in [0, 0.1) is 10.1 Å². The average Bonchev–Trinajstić information content (AvgIpc) is 2.34. The van der Waals surface area contributed by atoms with Gasteiger partial charge >= 0.3 is 0 Å². The second-order valence-electron chi connectivity index (χ2n) is 3.96. The molecule has 0 saturated heterocycles. The number of nitro benzene ring substituents is 1. The van der Waals surface area contributed by atoms with Gasteiger partial charge in [-0.2, -0.15) is 0 Å². The molecule has 18 heavy (non-hydrogen) atoms. The second kappa shape index (κ2) is 8.02. The number of nitrogens with one attached hydrogen (secondary N) is 1. The van der Waals surface area contributed by atoms with E-state index in [1.807, 2.05) is 0 Å². The first-order valence-electron chi connectivity index (χ1n) is 5.90. The Balaban J connectivity index is 2.48. The van der Waals surface area contributed by atoms with Gasteiger partial charge in [0.2, 0.25) is 0 Å². The van der Waals surface area contributed by atoms with Crippen LogP contribution < -0.4 is 5.32 Å². The number of rotatable bonds is 8. The maximum absolute atomic E-state index is 10.8. The summed E-state index contributed by atoms with van der Waals surface area (Å²) in [5.74, 6) is 0. The molecule has 0 aromatic heterocycles. The molecule has 5 nitrogen and oxygen atoms in total. The number of aliphatic hydroxyl groups is 1. The minimum absolute atomic E-state index is 0.0466. The van der Waals surface area contributed by atoms with E-state index >= 15 is 0 Å². The van der Waals surface area contributed by atoms with Crippen LogP contribution in [0.5, 0.6) is 0 Å². The number of nitro groups is 1.